The quantitative estimate of drug-likeness (QED) is 0.522. The van der Waals surface area contributed by atoms with Gasteiger partial charge in [0.15, 0.2) is 5.78 Å². The molecule has 0 atom stereocenters. The number of nitrogens with zero attached hydrogens (tertiary/aromatic N) is 3. The lowest BCUT2D eigenvalue weighted by Crippen LogP contribution is -2.46. The van der Waals surface area contributed by atoms with E-state index in [-0.39, 0.29) is 36.8 Å². The Kier molecular flexibility index (Phi) is 7.43. The van der Waals surface area contributed by atoms with Crippen LogP contribution < -0.4 is 17.0 Å². The monoisotopic (exact) mass is 460 g/mol. The van der Waals surface area contributed by atoms with Crippen molar-refractivity contribution in [2.75, 3.05) is 25.4 Å². The van der Waals surface area contributed by atoms with Crippen LogP contribution in [0, 0.1) is 5.92 Å². The summed E-state index contributed by atoms with van der Waals surface area (Å²) in [5.41, 5.74) is 7.32. The van der Waals surface area contributed by atoms with Crippen molar-refractivity contribution in [2.45, 2.75) is 39.3 Å². The van der Waals surface area contributed by atoms with Gasteiger partial charge >= 0.3 is 5.69 Å². The molecule has 1 fully saturated rings. The van der Waals surface area contributed by atoms with Crippen molar-refractivity contribution in [1.82, 2.24) is 14.0 Å². The molecule has 2 N–H and O–H groups in total. The number of rotatable bonds is 8. The van der Waals surface area contributed by atoms with Gasteiger partial charge in [-0.1, -0.05) is 60.7 Å². The molecule has 0 spiro atoms. The van der Waals surface area contributed by atoms with Gasteiger partial charge in [-0.15, -0.1) is 0 Å². The van der Waals surface area contributed by atoms with Gasteiger partial charge in [-0.05, 0) is 56.3 Å². The van der Waals surface area contributed by atoms with E-state index in [1.165, 1.54) is 10.1 Å². The maximum absolute atomic E-state index is 13.3. The topological polar surface area (TPSA) is 90.3 Å². The molecular weight excluding hydrogens is 428 g/mol. The highest BCUT2D eigenvalue weighted by molar-refractivity contribution is 6.01. The zero-order valence-corrected chi connectivity index (χ0v) is 19.7. The summed E-state index contributed by atoms with van der Waals surface area (Å²) in [6.07, 6.45) is 3.05. The molecule has 0 amide bonds. The number of anilines is 1. The van der Waals surface area contributed by atoms with Crippen LogP contribution in [0.25, 0.3) is 0 Å². The molecule has 0 unspecified atom stereocenters. The fourth-order valence-corrected chi connectivity index (χ4v) is 4.75. The molecule has 0 bridgehead atoms. The molecule has 1 saturated heterocycles. The van der Waals surface area contributed by atoms with E-state index in [0.29, 0.717) is 5.92 Å². The summed E-state index contributed by atoms with van der Waals surface area (Å²) in [4.78, 5) is 41.3. The summed E-state index contributed by atoms with van der Waals surface area (Å²) in [6.45, 7) is 3.83. The molecule has 1 aromatic heterocycles. The summed E-state index contributed by atoms with van der Waals surface area (Å²) in [6, 6.07) is 19.9. The second-order valence-corrected chi connectivity index (χ2v) is 9.00. The van der Waals surface area contributed by atoms with Crippen LogP contribution in [0.1, 0.15) is 41.3 Å². The Labute approximate surface area is 199 Å². The molecule has 178 valence electrons. The molecule has 7 heteroatoms. The van der Waals surface area contributed by atoms with Gasteiger partial charge in [-0.25, -0.2) is 4.79 Å². The smallest absolute Gasteiger partial charge is 0.332 e. The van der Waals surface area contributed by atoms with Gasteiger partial charge in [0.25, 0.3) is 5.56 Å². The van der Waals surface area contributed by atoms with Crippen molar-refractivity contribution in [3.05, 3.63) is 98.2 Å². The van der Waals surface area contributed by atoms with E-state index in [0.717, 1.165) is 42.5 Å². The first-order valence-electron chi connectivity index (χ1n) is 11.9. The van der Waals surface area contributed by atoms with Crippen LogP contribution >= 0.6 is 0 Å². The Morgan fingerprint density at radius 1 is 0.912 bits per heavy atom. The second-order valence-electron chi connectivity index (χ2n) is 9.00. The predicted octanol–water partition coefficient (Wildman–Crippen LogP) is 2.80. The first kappa shape index (κ1) is 23.7. The molecule has 34 heavy (non-hydrogen) atoms. The van der Waals surface area contributed by atoms with Gasteiger partial charge in [-0.3, -0.25) is 23.6 Å². The van der Waals surface area contributed by atoms with Gasteiger partial charge in [0.2, 0.25) is 0 Å². The number of ketones is 1. The highest BCUT2D eigenvalue weighted by atomic mass is 16.2. The van der Waals surface area contributed by atoms with E-state index in [4.69, 9.17) is 5.73 Å². The molecule has 7 nitrogen and oxygen atoms in total. The number of aromatic nitrogens is 2. The molecule has 1 aliphatic heterocycles. The van der Waals surface area contributed by atoms with Crippen molar-refractivity contribution in [3.8, 4) is 0 Å². The maximum Gasteiger partial charge on any atom is 0.332 e. The summed E-state index contributed by atoms with van der Waals surface area (Å²) in [5.74, 6) is 0.212. The van der Waals surface area contributed by atoms with Gasteiger partial charge in [0, 0.05) is 6.54 Å². The number of nitrogens with two attached hydrogens (primary N) is 1. The number of piperidine rings is 1. The van der Waals surface area contributed by atoms with E-state index < -0.39 is 11.2 Å². The molecule has 3 aromatic rings. The lowest BCUT2D eigenvalue weighted by molar-refractivity contribution is 0.0893. The van der Waals surface area contributed by atoms with Crippen LogP contribution in [0.5, 0.6) is 0 Å². The van der Waals surface area contributed by atoms with Crippen LogP contribution in [-0.2, 0) is 19.5 Å². The normalized spacial score (nSPS) is 14.9. The standard InChI is InChI=1S/C27H32N4O3/c1-2-30-26(33)24(25(28)31(27(30)34)18-22-11-7-4-8-12-22)23(32)19-29-15-13-21(14-16-29)17-20-9-5-3-6-10-20/h3-12,21H,2,13-19,28H2,1H3. The minimum Gasteiger partial charge on any atom is -0.384 e. The third-order valence-corrected chi connectivity index (χ3v) is 6.69. The highest BCUT2D eigenvalue weighted by Gasteiger charge is 2.26. The first-order valence-corrected chi connectivity index (χ1v) is 11.9. The number of likely N-dealkylation sites (tertiary alicyclic amines) is 1. The molecular formula is C27H32N4O3. The maximum atomic E-state index is 13.3. The molecule has 0 radical (unpaired) electrons. The van der Waals surface area contributed by atoms with E-state index in [1.807, 2.05) is 36.4 Å². The number of Topliss-reactive ketones (excluding diaryl/α,β-unsaturated/α-hetero) is 1. The van der Waals surface area contributed by atoms with Gasteiger partial charge in [0.05, 0.1) is 13.1 Å². The fourth-order valence-electron chi connectivity index (χ4n) is 4.75. The molecule has 4 rings (SSSR count). The highest BCUT2D eigenvalue weighted by Crippen LogP contribution is 2.22. The number of carbonyl (C=O) groups is 1. The Balaban J connectivity index is 1.50. The van der Waals surface area contributed by atoms with Crippen molar-refractivity contribution < 1.29 is 4.79 Å². The Bertz CT molecular complexity index is 1240. The average Bonchev–Trinajstić information content (AvgIpc) is 2.85. The average molecular weight is 461 g/mol. The lowest BCUT2D eigenvalue weighted by atomic mass is 9.90. The number of nitrogen functional groups attached to an aromatic ring is 1. The van der Waals surface area contributed by atoms with Crippen LogP contribution in [0.15, 0.2) is 70.3 Å². The largest absolute Gasteiger partial charge is 0.384 e. The fraction of sp³-hybridized carbons (Fsp3) is 0.370. The van der Waals surface area contributed by atoms with E-state index in [9.17, 15) is 14.4 Å². The Morgan fingerprint density at radius 3 is 2.09 bits per heavy atom. The second kappa shape index (κ2) is 10.7. The Hall–Kier alpha value is -3.45. The Morgan fingerprint density at radius 2 is 1.50 bits per heavy atom. The zero-order valence-electron chi connectivity index (χ0n) is 19.7. The molecule has 0 saturated carbocycles. The number of hydrogen-bond donors (Lipinski definition) is 1. The lowest BCUT2D eigenvalue weighted by Gasteiger charge is -2.31. The number of benzene rings is 2. The van der Waals surface area contributed by atoms with Gasteiger partial charge < -0.3 is 5.73 Å². The van der Waals surface area contributed by atoms with Crippen molar-refractivity contribution in [1.29, 1.82) is 0 Å². The summed E-state index contributed by atoms with van der Waals surface area (Å²) >= 11 is 0. The number of hydrogen-bond acceptors (Lipinski definition) is 5. The third-order valence-electron chi connectivity index (χ3n) is 6.69. The number of carbonyl (C=O) groups excluding carboxylic acids is 1. The van der Waals surface area contributed by atoms with E-state index in [1.54, 1.807) is 6.92 Å². The van der Waals surface area contributed by atoms with Gasteiger partial charge in [-0.2, -0.15) is 0 Å². The van der Waals surface area contributed by atoms with Crippen LogP contribution in [0.4, 0.5) is 5.82 Å². The van der Waals surface area contributed by atoms with Crippen molar-refractivity contribution in [3.63, 3.8) is 0 Å². The van der Waals surface area contributed by atoms with Crippen molar-refractivity contribution >= 4 is 11.6 Å². The van der Waals surface area contributed by atoms with Gasteiger partial charge in [0.1, 0.15) is 11.4 Å². The van der Waals surface area contributed by atoms with Crippen LogP contribution in [0.2, 0.25) is 0 Å². The van der Waals surface area contributed by atoms with Crippen molar-refractivity contribution in [2.24, 2.45) is 5.92 Å². The first-order chi connectivity index (χ1) is 16.5. The summed E-state index contributed by atoms with van der Waals surface area (Å²) < 4.78 is 2.43. The molecule has 0 aliphatic carbocycles. The summed E-state index contributed by atoms with van der Waals surface area (Å²) in [5, 5.41) is 0. The summed E-state index contributed by atoms with van der Waals surface area (Å²) in [7, 11) is 0. The van der Waals surface area contributed by atoms with E-state index in [2.05, 4.69) is 29.2 Å². The third kappa shape index (κ3) is 5.20. The minimum atomic E-state index is -0.599. The predicted molar refractivity (Wildman–Crippen MR) is 134 cm³/mol. The molecule has 1 aliphatic rings. The SMILES string of the molecule is CCn1c(=O)c(C(=O)CN2CCC(Cc3ccccc3)CC2)c(N)n(Cc2ccccc2)c1=O. The minimum absolute atomic E-state index is 0.0486. The van der Waals surface area contributed by atoms with Crippen LogP contribution in [0.3, 0.4) is 0 Å². The van der Waals surface area contributed by atoms with E-state index >= 15 is 0 Å². The molecule has 2 aromatic carbocycles. The van der Waals surface area contributed by atoms with Crippen LogP contribution in [-0.4, -0.2) is 39.5 Å². The molecule has 2 heterocycles. The zero-order chi connectivity index (χ0) is 24.1.